The Hall–Kier alpha value is -3.27. The van der Waals surface area contributed by atoms with Crippen LogP contribution in [0.2, 0.25) is 0 Å². The number of allylic oxidation sites excluding steroid dienone is 4. The molecule has 0 spiro atoms. The van der Waals surface area contributed by atoms with Crippen molar-refractivity contribution in [3.05, 3.63) is 95.8 Å². The lowest BCUT2D eigenvalue weighted by atomic mass is 9.86. The van der Waals surface area contributed by atoms with Gasteiger partial charge in [-0.05, 0) is 79.0 Å². The third-order valence-electron chi connectivity index (χ3n) is 6.27. The third-order valence-corrected chi connectivity index (χ3v) is 6.27. The van der Waals surface area contributed by atoms with Crippen molar-refractivity contribution in [3.8, 4) is 28.0 Å². The molecule has 4 rings (SSSR count). The molecule has 0 amide bonds. The fourth-order valence-corrected chi connectivity index (χ4v) is 4.42. The van der Waals surface area contributed by atoms with Gasteiger partial charge in [0.15, 0.2) is 11.6 Å². The highest BCUT2D eigenvalue weighted by Gasteiger charge is 2.18. The minimum Gasteiger partial charge on any atom is -0.490 e. The second kappa shape index (κ2) is 10.8. The molecule has 4 heteroatoms. The second-order valence-corrected chi connectivity index (χ2v) is 8.65. The normalized spacial score (nSPS) is 16.0. The van der Waals surface area contributed by atoms with Crippen LogP contribution >= 0.6 is 0 Å². The summed E-state index contributed by atoms with van der Waals surface area (Å²) in [7, 11) is 0. The van der Waals surface area contributed by atoms with Gasteiger partial charge in [-0.2, -0.15) is 4.39 Å². The SMILES string of the molecule is C/C=C/C1CC=C(c2ccc(-c3ccc(-c4ccc(OCCC)c(F)c4F)cc3)cc2F)CC1. The van der Waals surface area contributed by atoms with Crippen molar-refractivity contribution in [2.24, 2.45) is 5.92 Å². The predicted molar refractivity (Wildman–Crippen MR) is 133 cm³/mol. The minimum atomic E-state index is -0.984. The highest BCUT2D eigenvalue weighted by atomic mass is 19.2. The summed E-state index contributed by atoms with van der Waals surface area (Å²) in [6, 6.07) is 15.3. The number of hydrogen-bond acceptors (Lipinski definition) is 1. The fourth-order valence-electron chi connectivity index (χ4n) is 4.42. The van der Waals surface area contributed by atoms with Gasteiger partial charge in [0.05, 0.1) is 6.61 Å². The smallest absolute Gasteiger partial charge is 0.201 e. The van der Waals surface area contributed by atoms with E-state index in [2.05, 4.69) is 18.2 Å². The zero-order valence-electron chi connectivity index (χ0n) is 19.6. The van der Waals surface area contributed by atoms with Gasteiger partial charge >= 0.3 is 0 Å². The monoisotopic (exact) mass is 462 g/mol. The van der Waals surface area contributed by atoms with Crippen molar-refractivity contribution in [1.29, 1.82) is 0 Å². The van der Waals surface area contributed by atoms with E-state index in [1.54, 1.807) is 30.3 Å². The molecule has 34 heavy (non-hydrogen) atoms. The first-order valence-electron chi connectivity index (χ1n) is 11.8. The number of hydrogen-bond donors (Lipinski definition) is 0. The Labute approximate surface area is 199 Å². The molecule has 0 N–H and O–H groups in total. The number of benzene rings is 3. The summed E-state index contributed by atoms with van der Waals surface area (Å²) in [4.78, 5) is 0. The van der Waals surface area contributed by atoms with Gasteiger partial charge in [0, 0.05) is 11.1 Å². The molecule has 1 unspecified atom stereocenters. The molecule has 0 heterocycles. The van der Waals surface area contributed by atoms with E-state index in [0.717, 1.165) is 36.0 Å². The first-order chi connectivity index (χ1) is 16.5. The van der Waals surface area contributed by atoms with Gasteiger partial charge in [0.25, 0.3) is 0 Å². The van der Waals surface area contributed by atoms with Gasteiger partial charge in [0.2, 0.25) is 5.82 Å². The Morgan fingerprint density at radius 3 is 2.24 bits per heavy atom. The van der Waals surface area contributed by atoms with E-state index in [-0.39, 0.29) is 17.1 Å². The van der Waals surface area contributed by atoms with Crippen molar-refractivity contribution < 1.29 is 17.9 Å². The van der Waals surface area contributed by atoms with Crippen molar-refractivity contribution in [1.82, 2.24) is 0 Å². The van der Waals surface area contributed by atoms with Gasteiger partial charge in [-0.15, -0.1) is 0 Å². The first kappa shape index (κ1) is 23.9. The highest BCUT2D eigenvalue weighted by molar-refractivity contribution is 5.74. The van der Waals surface area contributed by atoms with Crippen LogP contribution in [-0.4, -0.2) is 6.61 Å². The molecule has 0 bridgehead atoms. The average molecular weight is 463 g/mol. The van der Waals surface area contributed by atoms with Gasteiger partial charge < -0.3 is 4.74 Å². The summed E-state index contributed by atoms with van der Waals surface area (Å²) in [5.74, 6) is -1.71. The molecule has 1 nitrogen and oxygen atoms in total. The quantitative estimate of drug-likeness (QED) is 0.318. The van der Waals surface area contributed by atoms with E-state index in [1.807, 2.05) is 26.0 Å². The number of ether oxygens (including phenoxy) is 1. The van der Waals surface area contributed by atoms with E-state index < -0.39 is 11.6 Å². The molecule has 0 fully saturated rings. The predicted octanol–water partition coefficient (Wildman–Crippen LogP) is 8.99. The average Bonchev–Trinajstić information content (AvgIpc) is 2.86. The van der Waals surface area contributed by atoms with Crippen molar-refractivity contribution >= 4 is 5.57 Å². The summed E-state index contributed by atoms with van der Waals surface area (Å²) in [5, 5.41) is 0. The topological polar surface area (TPSA) is 9.23 Å². The summed E-state index contributed by atoms with van der Waals surface area (Å²) in [6.07, 6.45) is 9.97. The van der Waals surface area contributed by atoms with E-state index in [1.165, 1.54) is 12.1 Å². The minimum absolute atomic E-state index is 0.0827. The standard InChI is InChI=1S/C30H29F3O/c1-3-5-20-6-8-22(9-7-20)25-15-14-24(19-27(25)31)21-10-12-23(13-11-21)26-16-17-28(34-18-4-2)30(33)29(26)32/h3,5,8,10-17,19-20H,4,6-7,9,18H2,1-2H3/b5-3+. The molecular formula is C30H29F3O. The Balaban J connectivity index is 1.54. The lowest BCUT2D eigenvalue weighted by molar-refractivity contribution is 0.295. The van der Waals surface area contributed by atoms with Crippen LogP contribution in [0.5, 0.6) is 5.75 Å². The van der Waals surface area contributed by atoms with E-state index in [9.17, 15) is 13.2 Å². The van der Waals surface area contributed by atoms with Crippen LogP contribution in [-0.2, 0) is 0 Å². The van der Waals surface area contributed by atoms with E-state index in [0.29, 0.717) is 30.1 Å². The van der Waals surface area contributed by atoms with Crippen LogP contribution in [0.15, 0.2) is 72.8 Å². The molecule has 176 valence electrons. The Morgan fingerprint density at radius 2 is 1.59 bits per heavy atom. The van der Waals surface area contributed by atoms with Crippen molar-refractivity contribution in [2.75, 3.05) is 6.61 Å². The van der Waals surface area contributed by atoms with Crippen LogP contribution in [0, 0.1) is 23.4 Å². The Kier molecular flexibility index (Phi) is 7.56. The van der Waals surface area contributed by atoms with Crippen LogP contribution in [0.3, 0.4) is 0 Å². The molecule has 0 radical (unpaired) electrons. The maximum atomic E-state index is 15.0. The van der Waals surface area contributed by atoms with Crippen LogP contribution in [0.4, 0.5) is 13.2 Å². The molecule has 1 atom stereocenters. The van der Waals surface area contributed by atoms with Crippen molar-refractivity contribution in [3.63, 3.8) is 0 Å². The van der Waals surface area contributed by atoms with Gasteiger partial charge in [-0.25, -0.2) is 8.78 Å². The maximum Gasteiger partial charge on any atom is 0.201 e. The Morgan fingerprint density at radius 1 is 0.882 bits per heavy atom. The van der Waals surface area contributed by atoms with E-state index in [4.69, 9.17) is 4.74 Å². The Bertz CT molecular complexity index is 1210. The maximum absolute atomic E-state index is 15.0. The molecule has 0 saturated carbocycles. The summed E-state index contributed by atoms with van der Waals surface area (Å²) >= 11 is 0. The first-order valence-corrected chi connectivity index (χ1v) is 11.8. The highest BCUT2D eigenvalue weighted by Crippen LogP contribution is 2.35. The zero-order chi connectivity index (χ0) is 24.1. The second-order valence-electron chi connectivity index (χ2n) is 8.65. The van der Waals surface area contributed by atoms with Gasteiger partial charge in [-0.3, -0.25) is 0 Å². The summed E-state index contributed by atoms with van der Waals surface area (Å²) in [6.45, 7) is 4.25. The molecule has 1 aliphatic carbocycles. The van der Waals surface area contributed by atoms with Gasteiger partial charge in [0.1, 0.15) is 5.82 Å². The molecule has 0 aliphatic heterocycles. The van der Waals surface area contributed by atoms with Gasteiger partial charge in [-0.1, -0.05) is 61.5 Å². The summed E-state index contributed by atoms with van der Waals surface area (Å²) < 4.78 is 49.2. The largest absolute Gasteiger partial charge is 0.490 e. The zero-order valence-corrected chi connectivity index (χ0v) is 19.6. The summed E-state index contributed by atoms with van der Waals surface area (Å²) in [5.41, 5.74) is 3.97. The molecule has 0 aromatic heterocycles. The molecular weight excluding hydrogens is 433 g/mol. The fraction of sp³-hybridized carbons (Fsp3) is 0.267. The third kappa shape index (κ3) is 5.11. The molecule has 0 saturated heterocycles. The lowest BCUT2D eigenvalue weighted by Crippen LogP contribution is -2.03. The number of rotatable bonds is 7. The van der Waals surface area contributed by atoms with Crippen molar-refractivity contribution in [2.45, 2.75) is 39.5 Å². The lowest BCUT2D eigenvalue weighted by Gasteiger charge is -2.20. The number of halogens is 3. The van der Waals surface area contributed by atoms with Crippen LogP contribution in [0.1, 0.15) is 45.1 Å². The van der Waals surface area contributed by atoms with Crippen LogP contribution < -0.4 is 4.74 Å². The molecule has 3 aromatic carbocycles. The van der Waals surface area contributed by atoms with E-state index >= 15 is 0 Å². The molecule has 1 aliphatic rings. The van der Waals surface area contributed by atoms with Crippen LogP contribution in [0.25, 0.3) is 27.8 Å². The molecule has 3 aromatic rings.